The molecule has 24 heavy (non-hydrogen) atoms. The van der Waals surface area contributed by atoms with Crippen molar-refractivity contribution >= 4 is 28.6 Å². The predicted octanol–water partition coefficient (Wildman–Crippen LogP) is 3.41. The number of nitrogen functional groups attached to an aromatic ring is 1. The maximum absolute atomic E-state index is 11.8. The van der Waals surface area contributed by atoms with Crippen molar-refractivity contribution in [3.05, 3.63) is 48.7 Å². The molecule has 0 radical (unpaired) electrons. The normalized spacial score (nSPS) is 10.8. The fourth-order valence-corrected chi connectivity index (χ4v) is 2.34. The maximum Gasteiger partial charge on any atom is 0.320 e. The number of nitrogens with two attached hydrogens (primary N) is 1. The number of hydrogen-bond acceptors (Lipinski definition) is 4. The minimum Gasteiger partial charge on any atom is -0.399 e. The van der Waals surface area contributed by atoms with Crippen LogP contribution in [0.15, 0.2) is 48.7 Å². The molecular weight excluding hydrogens is 302 g/mol. The van der Waals surface area contributed by atoms with Gasteiger partial charge in [0.15, 0.2) is 5.82 Å². The van der Waals surface area contributed by atoms with E-state index < -0.39 is 0 Å². The van der Waals surface area contributed by atoms with Crippen molar-refractivity contribution in [3.63, 3.8) is 0 Å². The lowest BCUT2D eigenvalue weighted by atomic mass is 10.0. The molecule has 0 unspecified atom stereocenters. The lowest BCUT2D eigenvalue weighted by molar-refractivity contribution is 0.250. The van der Waals surface area contributed by atoms with E-state index in [1.807, 2.05) is 56.3 Å². The van der Waals surface area contributed by atoms with Crippen molar-refractivity contribution in [2.75, 3.05) is 11.1 Å². The second-order valence-electron chi connectivity index (χ2n) is 5.83. The number of anilines is 2. The number of urea groups is 1. The van der Waals surface area contributed by atoms with Crippen molar-refractivity contribution in [1.82, 2.24) is 15.3 Å². The first kappa shape index (κ1) is 15.7. The van der Waals surface area contributed by atoms with Crippen LogP contribution in [0.4, 0.5) is 16.3 Å². The van der Waals surface area contributed by atoms with E-state index in [1.54, 1.807) is 6.20 Å². The molecule has 122 valence electrons. The minimum absolute atomic E-state index is 0.0514. The first-order valence-corrected chi connectivity index (χ1v) is 7.71. The van der Waals surface area contributed by atoms with Gasteiger partial charge in [-0.2, -0.15) is 0 Å². The van der Waals surface area contributed by atoms with Gasteiger partial charge < -0.3 is 11.1 Å². The molecule has 0 aliphatic rings. The van der Waals surface area contributed by atoms with Crippen molar-refractivity contribution < 1.29 is 4.79 Å². The largest absolute Gasteiger partial charge is 0.399 e. The zero-order chi connectivity index (χ0) is 17.1. The van der Waals surface area contributed by atoms with E-state index >= 15 is 0 Å². The number of rotatable bonds is 3. The van der Waals surface area contributed by atoms with E-state index in [4.69, 9.17) is 5.73 Å². The van der Waals surface area contributed by atoms with Crippen LogP contribution in [0.25, 0.3) is 22.2 Å². The van der Waals surface area contributed by atoms with Crippen LogP contribution in [0.2, 0.25) is 0 Å². The smallest absolute Gasteiger partial charge is 0.320 e. The standard InChI is InChI=1S/C18H19N5O/c1-11(2)21-18(24)23-17-10-20-15-8-5-13(9-16(15)22-17)12-3-6-14(19)7-4-12/h3-11H,19H2,1-2H3,(H2,21,22,23,24). The molecule has 6 nitrogen and oxygen atoms in total. The average Bonchev–Trinajstić information content (AvgIpc) is 2.54. The molecule has 0 aliphatic carbocycles. The lowest BCUT2D eigenvalue weighted by Crippen LogP contribution is -2.34. The Morgan fingerprint density at radius 1 is 1.04 bits per heavy atom. The number of hydrogen-bond donors (Lipinski definition) is 3. The van der Waals surface area contributed by atoms with Crippen LogP contribution < -0.4 is 16.4 Å². The minimum atomic E-state index is -0.298. The first-order valence-electron chi connectivity index (χ1n) is 7.71. The SMILES string of the molecule is CC(C)NC(=O)Nc1cnc2ccc(-c3ccc(N)cc3)cc2n1. The van der Waals surface area contributed by atoms with E-state index in [0.29, 0.717) is 11.3 Å². The maximum atomic E-state index is 11.8. The second-order valence-corrected chi connectivity index (χ2v) is 5.83. The fourth-order valence-electron chi connectivity index (χ4n) is 2.34. The molecule has 0 fully saturated rings. The van der Waals surface area contributed by atoms with Gasteiger partial charge in [-0.1, -0.05) is 18.2 Å². The van der Waals surface area contributed by atoms with Gasteiger partial charge >= 0.3 is 6.03 Å². The van der Waals surface area contributed by atoms with Gasteiger partial charge in [-0.25, -0.2) is 9.78 Å². The van der Waals surface area contributed by atoms with E-state index in [1.165, 1.54) is 0 Å². The third-order valence-corrected chi connectivity index (χ3v) is 3.45. The molecule has 1 heterocycles. The molecule has 0 spiro atoms. The van der Waals surface area contributed by atoms with Crippen LogP contribution >= 0.6 is 0 Å². The highest BCUT2D eigenvalue weighted by molar-refractivity contribution is 5.90. The Morgan fingerprint density at radius 3 is 2.46 bits per heavy atom. The van der Waals surface area contributed by atoms with Crippen molar-refractivity contribution in [2.45, 2.75) is 19.9 Å². The number of nitrogens with zero attached hydrogens (tertiary/aromatic N) is 2. The van der Waals surface area contributed by atoms with Gasteiger partial charge in [0, 0.05) is 11.7 Å². The van der Waals surface area contributed by atoms with Gasteiger partial charge in [-0.15, -0.1) is 0 Å². The first-order chi connectivity index (χ1) is 11.5. The number of benzene rings is 2. The molecule has 2 aromatic carbocycles. The van der Waals surface area contributed by atoms with E-state index in [-0.39, 0.29) is 12.1 Å². The van der Waals surface area contributed by atoms with E-state index in [0.717, 1.165) is 22.3 Å². The van der Waals surface area contributed by atoms with E-state index in [9.17, 15) is 4.79 Å². The summed E-state index contributed by atoms with van der Waals surface area (Å²) in [6.07, 6.45) is 1.55. The zero-order valence-electron chi connectivity index (χ0n) is 13.6. The number of fused-ring (bicyclic) bond motifs is 1. The molecule has 3 aromatic rings. The predicted molar refractivity (Wildman–Crippen MR) is 96.7 cm³/mol. The summed E-state index contributed by atoms with van der Waals surface area (Å²) in [6, 6.07) is 13.2. The molecule has 0 aliphatic heterocycles. The summed E-state index contributed by atoms with van der Waals surface area (Å²) < 4.78 is 0. The quantitative estimate of drug-likeness (QED) is 0.644. The molecular formula is C18H19N5O. The van der Waals surface area contributed by atoms with Crippen LogP contribution in [-0.4, -0.2) is 22.0 Å². The highest BCUT2D eigenvalue weighted by Crippen LogP contribution is 2.24. The fraction of sp³-hybridized carbons (Fsp3) is 0.167. The lowest BCUT2D eigenvalue weighted by Gasteiger charge is -2.10. The number of carbonyl (C=O) groups excluding carboxylic acids is 1. The Kier molecular flexibility index (Phi) is 4.29. The summed E-state index contributed by atoms with van der Waals surface area (Å²) in [6.45, 7) is 3.79. The number of amides is 2. The third-order valence-electron chi connectivity index (χ3n) is 3.45. The van der Waals surface area contributed by atoms with E-state index in [2.05, 4.69) is 20.6 Å². The Balaban J connectivity index is 1.90. The van der Waals surface area contributed by atoms with Gasteiger partial charge in [-0.05, 0) is 49.2 Å². The summed E-state index contributed by atoms with van der Waals surface area (Å²) in [5.74, 6) is 0.412. The second kappa shape index (κ2) is 6.54. The summed E-state index contributed by atoms with van der Waals surface area (Å²) >= 11 is 0. The number of nitrogens with one attached hydrogen (secondary N) is 2. The van der Waals surface area contributed by atoms with Crippen LogP contribution in [-0.2, 0) is 0 Å². The van der Waals surface area contributed by atoms with Crippen molar-refractivity contribution in [1.29, 1.82) is 0 Å². The number of aromatic nitrogens is 2. The van der Waals surface area contributed by atoms with Gasteiger partial charge in [0.2, 0.25) is 0 Å². The molecule has 0 saturated carbocycles. The molecule has 2 amide bonds. The molecule has 3 rings (SSSR count). The van der Waals surface area contributed by atoms with Crippen LogP contribution in [0.1, 0.15) is 13.8 Å². The van der Waals surface area contributed by atoms with Crippen molar-refractivity contribution in [2.24, 2.45) is 0 Å². The van der Waals surface area contributed by atoms with Gasteiger partial charge in [-0.3, -0.25) is 10.3 Å². The topological polar surface area (TPSA) is 92.9 Å². The molecule has 0 bridgehead atoms. The van der Waals surface area contributed by atoms with Gasteiger partial charge in [0.1, 0.15) is 0 Å². The van der Waals surface area contributed by atoms with Crippen LogP contribution in [0.3, 0.4) is 0 Å². The zero-order valence-corrected chi connectivity index (χ0v) is 13.6. The van der Waals surface area contributed by atoms with Gasteiger partial charge in [0.25, 0.3) is 0 Å². The summed E-state index contributed by atoms with van der Waals surface area (Å²) in [7, 11) is 0. The Bertz CT molecular complexity index is 874. The Hall–Kier alpha value is -3.15. The van der Waals surface area contributed by atoms with Crippen LogP contribution in [0.5, 0.6) is 0 Å². The Morgan fingerprint density at radius 2 is 1.75 bits per heavy atom. The number of carbonyl (C=O) groups is 1. The molecule has 0 saturated heterocycles. The monoisotopic (exact) mass is 321 g/mol. The molecule has 6 heteroatoms. The molecule has 4 N–H and O–H groups in total. The highest BCUT2D eigenvalue weighted by Gasteiger charge is 2.07. The van der Waals surface area contributed by atoms with Crippen LogP contribution in [0, 0.1) is 0 Å². The molecule has 1 aromatic heterocycles. The van der Waals surface area contributed by atoms with Crippen molar-refractivity contribution in [3.8, 4) is 11.1 Å². The summed E-state index contributed by atoms with van der Waals surface area (Å²) in [5.41, 5.74) is 9.99. The average molecular weight is 321 g/mol. The molecule has 0 atom stereocenters. The highest BCUT2D eigenvalue weighted by atomic mass is 16.2. The van der Waals surface area contributed by atoms with Gasteiger partial charge in [0.05, 0.1) is 17.2 Å². The summed E-state index contributed by atoms with van der Waals surface area (Å²) in [5, 5.41) is 5.44. The Labute approximate surface area is 140 Å². The third kappa shape index (κ3) is 3.60. The summed E-state index contributed by atoms with van der Waals surface area (Å²) in [4.78, 5) is 20.6.